The Hall–Kier alpha value is -0.810. The largest absolute Gasteiger partial charge is 0.396 e. The zero-order valence-corrected chi connectivity index (χ0v) is 10.2. The number of rotatable bonds is 5. The molecule has 1 saturated carbocycles. The number of urea groups is 1. The minimum absolute atomic E-state index is 0.131. The van der Waals surface area contributed by atoms with E-state index in [1.54, 1.807) is 0 Å². The summed E-state index contributed by atoms with van der Waals surface area (Å²) >= 11 is 0. The Morgan fingerprint density at radius 2 is 2.24 bits per heavy atom. The SMILES string of the molecule is O=C(NCC1CCCO1)NC1(CCO)CCC1. The van der Waals surface area contributed by atoms with Gasteiger partial charge in [-0.25, -0.2) is 4.79 Å². The molecule has 0 radical (unpaired) electrons. The summed E-state index contributed by atoms with van der Waals surface area (Å²) in [5, 5.41) is 14.8. The molecule has 5 heteroatoms. The van der Waals surface area contributed by atoms with Gasteiger partial charge in [-0.2, -0.15) is 0 Å². The third kappa shape index (κ3) is 3.33. The number of aliphatic hydroxyl groups excluding tert-OH is 1. The second-order valence-electron chi connectivity index (χ2n) is 5.08. The highest BCUT2D eigenvalue weighted by atomic mass is 16.5. The molecular weight excluding hydrogens is 220 g/mol. The zero-order chi connectivity index (χ0) is 12.1. The summed E-state index contributed by atoms with van der Waals surface area (Å²) in [5.41, 5.74) is -0.157. The number of carbonyl (C=O) groups excluding carboxylic acids is 1. The van der Waals surface area contributed by atoms with Crippen LogP contribution in [0.4, 0.5) is 4.79 Å². The van der Waals surface area contributed by atoms with Crippen LogP contribution in [0.15, 0.2) is 0 Å². The summed E-state index contributed by atoms with van der Waals surface area (Å²) in [7, 11) is 0. The van der Waals surface area contributed by atoms with Crippen molar-refractivity contribution in [2.45, 2.75) is 50.2 Å². The molecule has 1 unspecified atom stereocenters. The zero-order valence-electron chi connectivity index (χ0n) is 10.2. The third-order valence-electron chi connectivity index (χ3n) is 3.79. The standard InChI is InChI=1S/C12H22N2O3/c15-7-6-12(4-2-5-12)14-11(16)13-9-10-3-1-8-17-10/h10,15H,1-9H2,(H2,13,14,16). The molecule has 3 N–H and O–H groups in total. The summed E-state index contributed by atoms with van der Waals surface area (Å²) in [6.45, 7) is 1.52. The first-order chi connectivity index (χ1) is 8.24. The van der Waals surface area contributed by atoms with E-state index in [1.165, 1.54) is 0 Å². The van der Waals surface area contributed by atoms with Crippen LogP contribution in [0.5, 0.6) is 0 Å². The minimum atomic E-state index is -0.157. The van der Waals surface area contributed by atoms with E-state index >= 15 is 0 Å². The molecule has 1 atom stereocenters. The van der Waals surface area contributed by atoms with Crippen LogP contribution in [0.2, 0.25) is 0 Å². The Morgan fingerprint density at radius 3 is 2.76 bits per heavy atom. The highest BCUT2D eigenvalue weighted by Crippen LogP contribution is 2.34. The van der Waals surface area contributed by atoms with Crippen LogP contribution in [0.1, 0.15) is 38.5 Å². The van der Waals surface area contributed by atoms with E-state index in [-0.39, 0.29) is 24.3 Å². The van der Waals surface area contributed by atoms with Crippen molar-refractivity contribution in [3.05, 3.63) is 0 Å². The molecule has 2 rings (SSSR count). The van der Waals surface area contributed by atoms with E-state index < -0.39 is 0 Å². The minimum Gasteiger partial charge on any atom is -0.396 e. The van der Waals surface area contributed by atoms with Crippen molar-refractivity contribution in [1.82, 2.24) is 10.6 Å². The fourth-order valence-corrected chi connectivity index (χ4v) is 2.55. The Morgan fingerprint density at radius 1 is 1.41 bits per heavy atom. The molecule has 0 aromatic carbocycles. The summed E-state index contributed by atoms with van der Waals surface area (Å²) < 4.78 is 5.44. The van der Waals surface area contributed by atoms with Crippen LogP contribution in [-0.2, 0) is 4.74 Å². The van der Waals surface area contributed by atoms with Gasteiger partial charge in [-0.05, 0) is 38.5 Å². The van der Waals surface area contributed by atoms with Gasteiger partial charge in [-0.1, -0.05) is 0 Å². The van der Waals surface area contributed by atoms with Gasteiger partial charge >= 0.3 is 6.03 Å². The van der Waals surface area contributed by atoms with Crippen molar-refractivity contribution in [3.63, 3.8) is 0 Å². The van der Waals surface area contributed by atoms with E-state index in [2.05, 4.69) is 10.6 Å². The van der Waals surface area contributed by atoms with Gasteiger partial charge in [0.2, 0.25) is 0 Å². The van der Waals surface area contributed by atoms with E-state index in [1.807, 2.05) is 0 Å². The normalized spacial score (nSPS) is 26.3. The molecule has 1 heterocycles. The molecular formula is C12H22N2O3. The van der Waals surface area contributed by atoms with Gasteiger partial charge < -0.3 is 20.5 Å². The van der Waals surface area contributed by atoms with Gasteiger partial charge in [0.15, 0.2) is 0 Å². The van der Waals surface area contributed by atoms with Gasteiger partial charge in [-0.3, -0.25) is 0 Å². The van der Waals surface area contributed by atoms with Crippen LogP contribution < -0.4 is 10.6 Å². The Labute approximate surface area is 102 Å². The maximum atomic E-state index is 11.7. The first-order valence-electron chi connectivity index (χ1n) is 6.53. The lowest BCUT2D eigenvalue weighted by Gasteiger charge is -2.42. The number of aliphatic hydroxyl groups is 1. The predicted molar refractivity (Wildman–Crippen MR) is 63.8 cm³/mol. The van der Waals surface area contributed by atoms with E-state index in [4.69, 9.17) is 9.84 Å². The molecule has 5 nitrogen and oxygen atoms in total. The van der Waals surface area contributed by atoms with E-state index in [0.29, 0.717) is 13.0 Å². The van der Waals surface area contributed by atoms with Gasteiger partial charge in [0, 0.05) is 25.3 Å². The van der Waals surface area contributed by atoms with Crippen LogP contribution in [0, 0.1) is 0 Å². The second kappa shape index (κ2) is 5.69. The number of nitrogens with one attached hydrogen (secondary N) is 2. The van der Waals surface area contributed by atoms with Crippen molar-refractivity contribution in [2.75, 3.05) is 19.8 Å². The van der Waals surface area contributed by atoms with E-state index in [0.717, 1.165) is 38.7 Å². The van der Waals surface area contributed by atoms with Gasteiger partial charge in [0.05, 0.1) is 6.10 Å². The van der Waals surface area contributed by atoms with Crippen molar-refractivity contribution in [1.29, 1.82) is 0 Å². The number of carbonyl (C=O) groups is 1. The van der Waals surface area contributed by atoms with Gasteiger partial charge in [0.1, 0.15) is 0 Å². The summed E-state index contributed by atoms with van der Waals surface area (Å²) in [5.74, 6) is 0. The molecule has 0 bridgehead atoms. The maximum absolute atomic E-state index is 11.7. The maximum Gasteiger partial charge on any atom is 0.315 e. The smallest absolute Gasteiger partial charge is 0.315 e. The lowest BCUT2D eigenvalue weighted by molar-refractivity contribution is 0.107. The molecule has 0 aromatic rings. The number of hydrogen-bond donors (Lipinski definition) is 3. The van der Waals surface area contributed by atoms with E-state index in [9.17, 15) is 4.79 Å². The molecule has 1 aliphatic heterocycles. The van der Waals surface area contributed by atoms with Crippen molar-refractivity contribution in [2.24, 2.45) is 0 Å². The van der Waals surface area contributed by atoms with Crippen LogP contribution >= 0.6 is 0 Å². The first-order valence-corrected chi connectivity index (χ1v) is 6.53. The Kier molecular flexibility index (Phi) is 4.23. The summed E-state index contributed by atoms with van der Waals surface area (Å²) in [4.78, 5) is 11.7. The average molecular weight is 242 g/mol. The number of hydrogen-bond acceptors (Lipinski definition) is 3. The van der Waals surface area contributed by atoms with Crippen LogP contribution in [0.25, 0.3) is 0 Å². The molecule has 98 valence electrons. The lowest BCUT2D eigenvalue weighted by Crippen LogP contribution is -2.57. The molecule has 2 aliphatic rings. The summed E-state index contributed by atoms with van der Waals surface area (Å²) in [6, 6.07) is -0.131. The topological polar surface area (TPSA) is 70.6 Å². The number of ether oxygens (including phenoxy) is 1. The number of amides is 2. The average Bonchev–Trinajstić information content (AvgIpc) is 2.76. The summed E-state index contributed by atoms with van der Waals surface area (Å²) in [6.07, 6.45) is 6.02. The van der Waals surface area contributed by atoms with Gasteiger partial charge in [0.25, 0.3) is 0 Å². The Bertz CT molecular complexity index is 260. The monoisotopic (exact) mass is 242 g/mol. The molecule has 1 aliphatic carbocycles. The van der Waals surface area contributed by atoms with Crippen LogP contribution in [0.3, 0.4) is 0 Å². The highest BCUT2D eigenvalue weighted by molar-refractivity contribution is 5.75. The van der Waals surface area contributed by atoms with Crippen molar-refractivity contribution in [3.8, 4) is 0 Å². The molecule has 2 fully saturated rings. The second-order valence-corrected chi connectivity index (χ2v) is 5.08. The van der Waals surface area contributed by atoms with Gasteiger partial charge in [-0.15, -0.1) is 0 Å². The molecule has 0 aromatic heterocycles. The third-order valence-corrected chi connectivity index (χ3v) is 3.79. The highest BCUT2D eigenvalue weighted by Gasteiger charge is 2.37. The van der Waals surface area contributed by atoms with Crippen molar-refractivity contribution >= 4 is 6.03 Å². The molecule has 1 saturated heterocycles. The first kappa shape index (κ1) is 12.6. The predicted octanol–water partition coefficient (Wildman–Crippen LogP) is 0.770. The Balaban J connectivity index is 1.68. The molecule has 2 amide bonds. The van der Waals surface area contributed by atoms with Crippen molar-refractivity contribution < 1.29 is 14.6 Å². The van der Waals surface area contributed by atoms with Crippen LogP contribution in [-0.4, -0.2) is 42.5 Å². The fourth-order valence-electron chi connectivity index (χ4n) is 2.55. The molecule has 0 spiro atoms. The quantitative estimate of drug-likeness (QED) is 0.667. The fraction of sp³-hybridized carbons (Fsp3) is 0.917. The molecule has 17 heavy (non-hydrogen) atoms. The lowest BCUT2D eigenvalue weighted by atomic mass is 9.74.